The van der Waals surface area contributed by atoms with Crippen LogP contribution in [0.5, 0.6) is 0 Å². The molecule has 53 heavy (non-hydrogen) atoms. The Bertz CT molecular complexity index is 3570. The molecule has 1 aliphatic carbocycles. The molecule has 0 N–H and O–H groups in total. The van der Waals surface area contributed by atoms with Gasteiger partial charge in [-0.05, 0) is 82.6 Å². The highest BCUT2D eigenvalue weighted by Gasteiger charge is 2.27. The molecule has 0 fully saturated rings. The number of hydrogen-bond acceptors (Lipinski definition) is 3. The zero-order valence-electron chi connectivity index (χ0n) is 28.2. The molecule has 244 valence electrons. The Morgan fingerprint density at radius 1 is 0.415 bits per heavy atom. The fourth-order valence-electron chi connectivity index (χ4n) is 9.27. The maximum absolute atomic E-state index is 5.52. The van der Waals surface area contributed by atoms with Gasteiger partial charge in [-0.15, -0.1) is 11.3 Å². The zero-order valence-corrected chi connectivity index (χ0v) is 29.0. The van der Waals surface area contributed by atoms with E-state index in [-0.39, 0.29) is 0 Å². The molecule has 0 amide bonds. The van der Waals surface area contributed by atoms with Gasteiger partial charge < -0.3 is 4.57 Å². The lowest BCUT2D eigenvalue weighted by atomic mass is 9.95. The van der Waals surface area contributed by atoms with Crippen LogP contribution in [0, 0.1) is 0 Å². The largest absolute Gasteiger partial charge is 0.309 e. The van der Waals surface area contributed by atoms with Crippen molar-refractivity contribution in [3.8, 4) is 33.9 Å². The Kier molecular flexibility index (Phi) is 5.22. The van der Waals surface area contributed by atoms with E-state index in [2.05, 4.69) is 161 Å². The SMILES string of the molecule is c1ccc(-n2c3ccccc3c3ccc(-c4nc5ccccc5nc4-n4c5ccc6cccc7c6c5c5c6c(ccc54)sc4cccc-7c46)cc32)cc1. The first-order valence-corrected chi connectivity index (χ1v) is 18.8. The molecule has 12 aromatic rings. The molecular formula is C48H26N4S. The quantitative estimate of drug-likeness (QED) is 0.185. The third-order valence-electron chi connectivity index (χ3n) is 11.4. The van der Waals surface area contributed by atoms with E-state index >= 15 is 0 Å². The summed E-state index contributed by atoms with van der Waals surface area (Å²) in [7, 11) is 0. The second kappa shape index (κ2) is 9.94. The van der Waals surface area contributed by atoms with Gasteiger partial charge in [0.15, 0.2) is 5.82 Å². The third kappa shape index (κ3) is 3.54. The van der Waals surface area contributed by atoms with E-state index in [1.54, 1.807) is 0 Å². The van der Waals surface area contributed by atoms with Crippen molar-refractivity contribution in [1.82, 2.24) is 19.1 Å². The molecule has 0 radical (unpaired) electrons. The molecule has 0 saturated heterocycles. The van der Waals surface area contributed by atoms with E-state index in [0.717, 1.165) is 50.3 Å². The second-order valence-corrected chi connectivity index (χ2v) is 15.2. The van der Waals surface area contributed by atoms with Crippen LogP contribution >= 0.6 is 11.3 Å². The summed E-state index contributed by atoms with van der Waals surface area (Å²) < 4.78 is 7.40. The van der Waals surface area contributed by atoms with Gasteiger partial charge in [0.1, 0.15) is 5.69 Å². The minimum Gasteiger partial charge on any atom is -0.309 e. The topological polar surface area (TPSA) is 35.6 Å². The molecule has 4 nitrogen and oxygen atoms in total. The summed E-state index contributed by atoms with van der Waals surface area (Å²) in [6.45, 7) is 0. The van der Waals surface area contributed by atoms with Crippen molar-refractivity contribution in [1.29, 1.82) is 0 Å². The smallest absolute Gasteiger partial charge is 0.165 e. The summed E-state index contributed by atoms with van der Waals surface area (Å²) in [6, 6.07) is 57.1. The Morgan fingerprint density at radius 3 is 2.00 bits per heavy atom. The summed E-state index contributed by atoms with van der Waals surface area (Å²) in [5.41, 5.74) is 12.0. The number of aromatic nitrogens is 4. The van der Waals surface area contributed by atoms with Gasteiger partial charge in [-0.3, -0.25) is 4.57 Å². The van der Waals surface area contributed by atoms with Gasteiger partial charge in [-0.1, -0.05) is 97.1 Å². The minimum atomic E-state index is 0.835. The van der Waals surface area contributed by atoms with Gasteiger partial charge >= 0.3 is 0 Å². The highest BCUT2D eigenvalue weighted by Crippen LogP contribution is 2.52. The standard InChI is InChI=1S/C48H26N4S/c1-2-11-29(12-3-1)51-36-18-7-4-13-30(36)31-22-20-28(26-39(31)51)47-48(50-35-17-6-5-16-34(35)49-47)52-37-23-21-27-10-8-14-32-33-15-9-19-40-43(33)46-41(53-40)25-24-38(52)45(46)44(37)42(27)32/h1-26H. The molecular weight excluding hydrogens is 665 g/mol. The van der Waals surface area contributed by atoms with Crippen LogP contribution in [0.4, 0.5) is 0 Å². The third-order valence-corrected chi connectivity index (χ3v) is 12.5. The van der Waals surface area contributed by atoms with E-state index in [0.29, 0.717) is 0 Å². The highest BCUT2D eigenvalue weighted by atomic mass is 32.1. The Morgan fingerprint density at radius 2 is 1.11 bits per heavy atom. The van der Waals surface area contributed by atoms with Crippen molar-refractivity contribution >= 4 is 96.9 Å². The molecule has 0 spiro atoms. The van der Waals surface area contributed by atoms with Crippen LogP contribution in [0.1, 0.15) is 0 Å². The van der Waals surface area contributed by atoms with Crippen LogP contribution in [0.3, 0.4) is 0 Å². The lowest BCUT2D eigenvalue weighted by molar-refractivity contribution is 1.08. The maximum atomic E-state index is 5.52. The van der Waals surface area contributed by atoms with Gasteiger partial charge in [0.2, 0.25) is 0 Å². The lowest BCUT2D eigenvalue weighted by Gasteiger charge is -2.15. The van der Waals surface area contributed by atoms with Gasteiger partial charge in [0, 0.05) is 53.0 Å². The number of rotatable bonds is 3. The molecule has 4 aromatic heterocycles. The Labute approximate surface area is 306 Å². The first-order chi connectivity index (χ1) is 26.3. The molecule has 0 bridgehead atoms. The molecule has 0 unspecified atom stereocenters. The zero-order chi connectivity index (χ0) is 34.4. The number of benzene rings is 8. The number of thiophene rings is 1. The molecule has 0 aliphatic heterocycles. The van der Waals surface area contributed by atoms with Crippen molar-refractivity contribution in [2.45, 2.75) is 0 Å². The Hall–Kier alpha value is -6.82. The van der Waals surface area contributed by atoms with Crippen molar-refractivity contribution < 1.29 is 0 Å². The monoisotopic (exact) mass is 690 g/mol. The summed E-state index contributed by atoms with van der Waals surface area (Å²) in [4.78, 5) is 11.0. The summed E-state index contributed by atoms with van der Waals surface area (Å²) in [5.74, 6) is 0.835. The van der Waals surface area contributed by atoms with Crippen molar-refractivity contribution in [2.75, 3.05) is 0 Å². The number of para-hydroxylation sites is 4. The summed E-state index contributed by atoms with van der Waals surface area (Å²) in [5, 5.41) is 10.3. The molecule has 1 aliphatic rings. The number of nitrogens with zero attached hydrogens (tertiary/aromatic N) is 4. The average Bonchev–Trinajstić information content (AvgIpc) is 3.84. The van der Waals surface area contributed by atoms with Gasteiger partial charge in [0.05, 0.1) is 33.1 Å². The van der Waals surface area contributed by atoms with E-state index < -0.39 is 0 Å². The predicted molar refractivity (Wildman–Crippen MR) is 223 cm³/mol. The van der Waals surface area contributed by atoms with Crippen molar-refractivity contribution in [3.63, 3.8) is 0 Å². The molecule has 8 aromatic carbocycles. The van der Waals surface area contributed by atoms with Crippen molar-refractivity contribution in [3.05, 3.63) is 158 Å². The van der Waals surface area contributed by atoms with Crippen LogP contribution < -0.4 is 0 Å². The fourth-order valence-corrected chi connectivity index (χ4v) is 10.4. The van der Waals surface area contributed by atoms with Crippen molar-refractivity contribution in [2.24, 2.45) is 0 Å². The van der Waals surface area contributed by atoms with Gasteiger partial charge in [-0.2, -0.15) is 0 Å². The first kappa shape index (κ1) is 27.8. The van der Waals surface area contributed by atoms with Crippen LogP contribution in [0.2, 0.25) is 0 Å². The molecule has 0 atom stereocenters. The number of fused-ring (bicyclic) bond motifs is 5. The molecule has 5 heteroatoms. The van der Waals surface area contributed by atoms with E-state index in [4.69, 9.17) is 9.97 Å². The van der Waals surface area contributed by atoms with Crippen LogP contribution in [0.15, 0.2) is 158 Å². The summed E-state index contributed by atoms with van der Waals surface area (Å²) in [6.07, 6.45) is 0. The predicted octanol–water partition coefficient (Wildman–Crippen LogP) is 13.0. The van der Waals surface area contributed by atoms with Crippen LogP contribution in [-0.2, 0) is 0 Å². The lowest BCUT2D eigenvalue weighted by Crippen LogP contribution is -2.04. The normalized spacial score (nSPS) is 12.5. The Balaban J connectivity index is 1.20. The highest BCUT2D eigenvalue weighted by molar-refractivity contribution is 7.26. The molecule has 13 rings (SSSR count). The van der Waals surface area contributed by atoms with E-state index in [1.165, 1.54) is 69.1 Å². The van der Waals surface area contributed by atoms with Gasteiger partial charge in [0.25, 0.3) is 0 Å². The fraction of sp³-hybridized carbons (Fsp3) is 0. The maximum Gasteiger partial charge on any atom is 0.165 e. The first-order valence-electron chi connectivity index (χ1n) is 18.0. The van der Waals surface area contributed by atoms with Gasteiger partial charge in [-0.25, -0.2) is 9.97 Å². The number of hydrogen-bond donors (Lipinski definition) is 0. The minimum absolute atomic E-state index is 0.835. The van der Waals surface area contributed by atoms with E-state index in [9.17, 15) is 0 Å². The second-order valence-electron chi connectivity index (χ2n) is 14.1. The molecule has 4 heterocycles. The van der Waals surface area contributed by atoms with E-state index in [1.807, 2.05) is 17.4 Å². The van der Waals surface area contributed by atoms with Crippen LogP contribution in [0.25, 0.3) is 119 Å². The molecule has 0 saturated carbocycles. The summed E-state index contributed by atoms with van der Waals surface area (Å²) >= 11 is 1.89. The van der Waals surface area contributed by atoms with Crippen LogP contribution in [-0.4, -0.2) is 19.1 Å². The average molecular weight is 691 g/mol.